The Kier molecular flexibility index (Phi) is 12.9. The van der Waals surface area contributed by atoms with Crippen molar-refractivity contribution < 1.29 is 53.6 Å². The monoisotopic (exact) mass is 360 g/mol. The number of hydrogen-bond donors (Lipinski definition) is 1. The second-order valence-electron chi connectivity index (χ2n) is 3.11. The van der Waals surface area contributed by atoms with Crippen LogP contribution in [0, 0.1) is 5.21 Å². The van der Waals surface area contributed by atoms with Crippen LogP contribution in [-0.2, 0) is 24.0 Å². The number of esters is 2. The number of quaternary nitrogens is 1. The fourth-order valence-electron chi connectivity index (χ4n) is 1.04. The zero-order valence-electron chi connectivity index (χ0n) is 9.44. The smallest absolute Gasteiger partial charge is 0.366 e. The van der Waals surface area contributed by atoms with Crippen LogP contribution < -0.4 is 29.6 Å². The van der Waals surface area contributed by atoms with Gasteiger partial charge in [-0.25, -0.2) is 4.79 Å². The predicted octanol–water partition coefficient (Wildman–Crippen LogP) is -3.45. The van der Waals surface area contributed by atoms with Crippen LogP contribution in [0.2, 0.25) is 0 Å². The molecular formula is C9H15INO6-. The van der Waals surface area contributed by atoms with E-state index in [2.05, 4.69) is 9.57 Å². The van der Waals surface area contributed by atoms with Gasteiger partial charge in [-0.2, -0.15) is 5.64 Å². The van der Waals surface area contributed by atoms with Crippen molar-refractivity contribution in [2.24, 2.45) is 0 Å². The Morgan fingerprint density at radius 3 is 2.06 bits per heavy atom. The molecule has 0 aromatic rings. The maximum atomic E-state index is 10.9. The number of unbranched alkanes of at least 4 members (excludes halogenated alkanes) is 2. The molecule has 0 radical (unpaired) electrons. The minimum absolute atomic E-state index is 0. The van der Waals surface area contributed by atoms with Gasteiger partial charge in [0, 0.05) is 13.3 Å². The van der Waals surface area contributed by atoms with Gasteiger partial charge in [-0.15, -0.1) is 0 Å². The van der Waals surface area contributed by atoms with Crippen molar-refractivity contribution in [1.82, 2.24) is 0 Å². The van der Waals surface area contributed by atoms with Crippen LogP contribution in [0.25, 0.3) is 0 Å². The SMILES string of the molecule is CC(=O)OC(=O)CCCCCC(=O)O[NH2+][O-].[I-]. The first kappa shape index (κ1) is 18.6. The third-order valence-corrected chi connectivity index (χ3v) is 1.70. The topological polar surface area (TPSA) is 109 Å². The number of carbonyl (C=O) groups is 3. The summed E-state index contributed by atoms with van der Waals surface area (Å²) < 4.78 is 4.30. The summed E-state index contributed by atoms with van der Waals surface area (Å²) in [7, 11) is 0. The van der Waals surface area contributed by atoms with Gasteiger partial charge in [0.2, 0.25) is 0 Å². The normalized spacial score (nSPS) is 9.06. The van der Waals surface area contributed by atoms with E-state index in [1.807, 2.05) is 0 Å². The van der Waals surface area contributed by atoms with Gasteiger partial charge in [-0.05, 0) is 12.8 Å². The van der Waals surface area contributed by atoms with Crippen LogP contribution in [0.3, 0.4) is 0 Å². The highest BCUT2D eigenvalue weighted by Crippen LogP contribution is 2.04. The van der Waals surface area contributed by atoms with Gasteiger partial charge in [-0.3, -0.25) is 14.4 Å². The standard InChI is InChI=1S/C9H15NO6.HI/c1-7(11)15-8(12)5-3-2-4-6-9(13)16-10-14;/h2-6,10H2,1H3;1H/p-1. The summed E-state index contributed by atoms with van der Waals surface area (Å²) in [5.74, 6) is -1.77. The fraction of sp³-hybridized carbons (Fsp3) is 0.667. The molecule has 7 nitrogen and oxygen atoms in total. The predicted molar refractivity (Wildman–Crippen MR) is 51.2 cm³/mol. The molecule has 0 aliphatic heterocycles. The average molecular weight is 360 g/mol. The average Bonchev–Trinajstić information content (AvgIpc) is 2.16. The number of hydrogen-bond acceptors (Lipinski definition) is 6. The Morgan fingerprint density at radius 2 is 1.59 bits per heavy atom. The van der Waals surface area contributed by atoms with Gasteiger partial charge >= 0.3 is 17.9 Å². The Bertz CT molecular complexity index is 258. The molecule has 0 saturated carbocycles. The molecule has 8 heteroatoms. The van der Waals surface area contributed by atoms with E-state index < -0.39 is 17.9 Å². The zero-order valence-corrected chi connectivity index (χ0v) is 11.6. The minimum Gasteiger partial charge on any atom is -1.00 e. The van der Waals surface area contributed by atoms with Crippen molar-refractivity contribution in [2.45, 2.75) is 39.0 Å². The molecule has 0 spiro atoms. The maximum Gasteiger partial charge on any atom is 0.366 e. The molecule has 0 rings (SSSR count). The summed E-state index contributed by atoms with van der Waals surface area (Å²) in [5, 5.41) is 9.76. The van der Waals surface area contributed by atoms with E-state index >= 15 is 0 Å². The fourth-order valence-corrected chi connectivity index (χ4v) is 1.04. The van der Waals surface area contributed by atoms with E-state index in [4.69, 9.17) is 0 Å². The molecule has 17 heavy (non-hydrogen) atoms. The van der Waals surface area contributed by atoms with Gasteiger partial charge in [0.15, 0.2) is 0 Å². The van der Waals surface area contributed by atoms with Crippen LogP contribution in [0.15, 0.2) is 0 Å². The first-order valence-corrected chi connectivity index (χ1v) is 4.90. The van der Waals surface area contributed by atoms with Crippen molar-refractivity contribution in [3.05, 3.63) is 5.21 Å². The molecule has 0 aromatic carbocycles. The summed E-state index contributed by atoms with van der Waals surface area (Å²) in [4.78, 5) is 36.0. The van der Waals surface area contributed by atoms with E-state index in [0.717, 1.165) is 6.92 Å². The van der Waals surface area contributed by atoms with E-state index in [9.17, 15) is 19.6 Å². The molecule has 0 bridgehead atoms. The van der Waals surface area contributed by atoms with Gasteiger partial charge in [0.05, 0.1) is 6.42 Å². The Morgan fingerprint density at radius 1 is 1.06 bits per heavy atom. The van der Waals surface area contributed by atoms with Gasteiger partial charge in [0.1, 0.15) is 0 Å². The molecule has 0 aliphatic rings. The van der Waals surface area contributed by atoms with Crippen LogP contribution in [0.1, 0.15) is 39.0 Å². The van der Waals surface area contributed by atoms with E-state index in [1.54, 1.807) is 0 Å². The van der Waals surface area contributed by atoms with Crippen LogP contribution in [0.4, 0.5) is 0 Å². The van der Waals surface area contributed by atoms with E-state index in [-0.39, 0.29) is 42.5 Å². The van der Waals surface area contributed by atoms with Crippen molar-refractivity contribution in [1.29, 1.82) is 0 Å². The van der Waals surface area contributed by atoms with Crippen LogP contribution in [-0.4, -0.2) is 17.9 Å². The summed E-state index contributed by atoms with van der Waals surface area (Å²) in [6.45, 7) is 1.16. The Labute approximate surface area is 116 Å². The van der Waals surface area contributed by atoms with E-state index in [0.29, 0.717) is 19.3 Å². The van der Waals surface area contributed by atoms with Gasteiger partial charge in [0.25, 0.3) is 0 Å². The van der Waals surface area contributed by atoms with E-state index in [1.165, 1.54) is 0 Å². The molecule has 0 heterocycles. The number of rotatable bonds is 7. The Balaban J connectivity index is 0. The third kappa shape index (κ3) is 13.2. The summed E-state index contributed by atoms with van der Waals surface area (Å²) in [6, 6.07) is 0. The lowest BCUT2D eigenvalue weighted by Gasteiger charge is -2.02. The first-order chi connectivity index (χ1) is 7.56. The third-order valence-electron chi connectivity index (χ3n) is 1.70. The molecule has 0 unspecified atom stereocenters. The molecule has 0 aliphatic carbocycles. The quantitative estimate of drug-likeness (QED) is 0.166. The molecule has 2 N–H and O–H groups in total. The summed E-state index contributed by atoms with van der Waals surface area (Å²) in [5.41, 5.74) is 0.0898. The highest BCUT2D eigenvalue weighted by atomic mass is 127. The number of carbonyl (C=O) groups excluding carboxylic acids is 3. The van der Waals surface area contributed by atoms with Crippen LogP contribution >= 0.6 is 0 Å². The number of halogens is 1. The molecule has 0 saturated heterocycles. The summed E-state index contributed by atoms with van der Waals surface area (Å²) in [6.07, 6.45) is 1.96. The molecule has 0 fully saturated rings. The minimum atomic E-state index is -0.625. The second kappa shape index (κ2) is 11.7. The number of ether oxygens (including phenoxy) is 1. The second-order valence-corrected chi connectivity index (χ2v) is 3.11. The lowest BCUT2D eigenvalue weighted by atomic mass is 10.1. The van der Waals surface area contributed by atoms with Crippen molar-refractivity contribution in [3.8, 4) is 0 Å². The highest BCUT2D eigenvalue weighted by molar-refractivity contribution is 5.83. The largest absolute Gasteiger partial charge is 1.00 e. The lowest BCUT2D eigenvalue weighted by Crippen LogP contribution is -3.00. The van der Waals surface area contributed by atoms with Crippen molar-refractivity contribution >= 4 is 17.9 Å². The number of nitrogens with two attached hydrogens (primary N) is 1. The van der Waals surface area contributed by atoms with Gasteiger partial charge in [-0.1, -0.05) is 6.42 Å². The van der Waals surface area contributed by atoms with Gasteiger partial charge < -0.3 is 33.9 Å². The molecule has 0 amide bonds. The lowest BCUT2D eigenvalue weighted by molar-refractivity contribution is -0.825. The highest BCUT2D eigenvalue weighted by Gasteiger charge is 2.07. The van der Waals surface area contributed by atoms with Crippen molar-refractivity contribution in [3.63, 3.8) is 0 Å². The molecule has 0 aromatic heterocycles. The summed E-state index contributed by atoms with van der Waals surface area (Å²) >= 11 is 0. The van der Waals surface area contributed by atoms with Crippen molar-refractivity contribution in [2.75, 3.05) is 0 Å². The van der Waals surface area contributed by atoms with Crippen LogP contribution in [0.5, 0.6) is 0 Å². The Hall–Kier alpha value is -0.740. The maximum absolute atomic E-state index is 10.9. The first-order valence-electron chi connectivity index (χ1n) is 4.90. The zero-order chi connectivity index (χ0) is 12.4. The molecule has 0 atom stereocenters. The molecule has 100 valence electrons. The molecular weight excluding hydrogens is 345 g/mol.